The SMILES string of the molecule is NOCC1(CCO)CCCCCC1. The van der Waals surface area contributed by atoms with E-state index in [1.54, 1.807) is 0 Å². The lowest BCUT2D eigenvalue weighted by atomic mass is 9.78. The summed E-state index contributed by atoms with van der Waals surface area (Å²) in [6, 6.07) is 0. The zero-order valence-corrected chi connectivity index (χ0v) is 8.30. The molecule has 78 valence electrons. The maximum atomic E-state index is 9.01. The molecule has 1 aliphatic carbocycles. The lowest BCUT2D eigenvalue weighted by Crippen LogP contribution is -2.29. The van der Waals surface area contributed by atoms with Gasteiger partial charge in [-0.25, -0.2) is 5.90 Å². The van der Waals surface area contributed by atoms with E-state index in [4.69, 9.17) is 15.8 Å². The number of rotatable bonds is 4. The zero-order valence-electron chi connectivity index (χ0n) is 8.30. The van der Waals surface area contributed by atoms with Gasteiger partial charge in [0.2, 0.25) is 0 Å². The first-order valence-corrected chi connectivity index (χ1v) is 5.25. The first-order chi connectivity index (χ1) is 6.33. The van der Waals surface area contributed by atoms with Crippen molar-refractivity contribution in [2.45, 2.75) is 44.9 Å². The monoisotopic (exact) mass is 187 g/mol. The van der Waals surface area contributed by atoms with Crippen molar-refractivity contribution in [2.24, 2.45) is 11.3 Å². The highest BCUT2D eigenvalue weighted by Crippen LogP contribution is 2.37. The molecule has 0 spiro atoms. The van der Waals surface area contributed by atoms with Crippen molar-refractivity contribution in [3.63, 3.8) is 0 Å². The average Bonchev–Trinajstić information content (AvgIpc) is 2.32. The minimum atomic E-state index is 0.167. The minimum Gasteiger partial charge on any atom is -0.396 e. The van der Waals surface area contributed by atoms with Crippen LogP contribution in [0.1, 0.15) is 44.9 Å². The summed E-state index contributed by atoms with van der Waals surface area (Å²) < 4.78 is 0. The first-order valence-electron chi connectivity index (χ1n) is 5.25. The topological polar surface area (TPSA) is 55.5 Å². The maximum Gasteiger partial charge on any atom is 0.0736 e. The Morgan fingerprint density at radius 2 is 1.77 bits per heavy atom. The van der Waals surface area contributed by atoms with Gasteiger partial charge in [-0.05, 0) is 24.7 Å². The second-order valence-corrected chi connectivity index (χ2v) is 4.20. The second-order valence-electron chi connectivity index (χ2n) is 4.20. The third-order valence-electron chi connectivity index (χ3n) is 3.20. The predicted molar refractivity (Wildman–Crippen MR) is 52.0 cm³/mol. The summed E-state index contributed by atoms with van der Waals surface area (Å²) in [6.07, 6.45) is 8.29. The summed E-state index contributed by atoms with van der Waals surface area (Å²) in [5, 5.41) is 9.01. The molecule has 13 heavy (non-hydrogen) atoms. The van der Waals surface area contributed by atoms with Crippen LogP contribution in [0.25, 0.3) is 0 Å². The van der Waals surface area contributed by atoms with Crippen LogP contribution in [-0.4, -0.2) is 18.3 Å². The summed E-state index contributed by atoms with van der Waals surface area (Å²) in [6.45, 7) is 0.858. The zero-order chi connectivity index (χ0) is 9.57. The van der Waals surface area contributed by atoms with E-state index in [1.807, 2.05) is 0 Å². The van der Waals surface area contributed by atoms with Gasteiger partial charge in [0.25, 0.3) is 0 Å². The quantitative estimate of drug-likeness (QED) is 0.519. The Balaban J connectivity index is 2.50. The number of aliphatic hydroxyl groups excluding tert-OH is 1. The van der Waals surface area contributed by atoms with Crippen LogP contribution in [0.3, 0.4) is 0 Å². The third-order valence-corrected chi connectivity index (χ3v) is 3.20. The van der Waals surface area contributed by atoms with Crippen LogP contribution in [-0.2, 0) is 4.84 Å². The molecule has 3 heteroatoms. The molecule has 1 fully saturated rings. The van der Waals surface area contributed by atoms with Crippen molar-refractivity contribution in [3.8, 4) is 0 Å². The van der Waals surface area contributed by atoms with E-state index < -0.39 is 0 Å². The molecule has 0 unspecified atom stereocenters. The van der Waals surface area contributed by atoms with Crippen LogP contribution in [0.5, 0.6) is 0 Å². The fourth-order valence-corrected chi connectivity index (χ4v) is 2.36. The standard InChI is InChI=1S/C10H21NO2/c11-13-9-10(7-8-12)5-3-1-2-4-6-10/h12H,1-9,11H2. The summed E-state index contributed by atoms with van der Waals surface area (Å²) >= 11 is 0. The Kier molecular flexibility index (Phi) is 4.70. The Labute approximate surface area is 80.2 Å². The lowest BCUT2D eigenvalue weighted by Gasteiger charge is -2.30. The van der Waals surface area contributed by atoms with Gasteiger partial charge in [-0.2, -0.15) is 0 Å². The summed E-state index contributed by atoms with van der Waals surface area (Å²) in [5.74, 6) is 5.14. The first kappa shape index (κ1) is 11.0. The smallest absolute Gasteiger partial charge is 0.0736 e. The van der Waals surface area contributed by atoms with Crippen molar-refractivity contribution >= 4 is 0 Å². The van der Waals surface area contributed by atoms with Crippen molar-refractivity contribution in [1.82, 2.24) is 0 Å². The Bertz CT molecular complexity index is 123. The van der Waals surface area contributed by atoms with E-state index in [-0.39, 0.29) is 12.0 Å². The fraction of sp³-hybridized carbons (Fsp3) is 1.00. The molecule has 0 aliphatic heterocycles. The molecular formula is C10H21NO2. The molecule has 0 radical (unpaired) electrons. The molecule has 0 atom stereocenters. The van der Waals surface area contributed by atoms with Gasteiger partial charge in [0.1, 0.15) is 0 Å². The lowest BCUT2D eigenvalue weighted by molar-refractivity contribution is 0.0172. The third kappa shape index (κ3) is 3.25. The van der Waals surface area contributed by atoms with Crippen LogP contribution in [0.15, 0.2) is 0 Å². The van der Waals surface area contributed by atoms with Gasteiger partial charge in [-0.1, -0.05) is 25.7 Å². The van der Waals surface area contributed by atoms with E-state index in [1.165, 1.54) is 25.7 Å². The second kappa shape index (κ2) is 5.58. The largest absolute Gasteiger partial charge is 0.396 e. The summed E-state index contributed by atoms with van der Waals surface area (Å²) in [7, 11) is 0. The molecule has 0 saturated heterocycles. The molecule has 0 bridgehead atoms. The molecule has 0 heterocycles. The molecule has 0 aromatic carbocycles. The highest BCUT2D eigenvalue weighted by molar-refractivity contribution is 4.81. The van der Waals surface area contributed by atoms with Gasteiger partial charge in [0.05, 0.1) is 6.61 Å². The molecule has 0 aromatic heterocycles. The van der Waals surface area contributed by atoms with Gasteiger partial charge < -0.3 is 9.94 Å². The molecule has 0 amide bonds. The molecular weight excluding hydrogens is 166 g/mol. The van der Waals surface area contributed by atoms with Gasteiger partial charge >= 0.3 is 0 Å². The van der Waals surface area contributed by atoms with Crippen LogP contribution in [0.2, 0.25) is 0 Å². The molecule has 3 nitrogen and oxygen atoms in total. The van der Waals surface area contributed by atoms with Gasteiger partial charge in [0, 0.05) is 6.61 Å². The van der Waals surface area contributed by atoms with Crippen molar-refractivity contribution in [2.75, 3.05) is 13.2 Å². The van der Waals surface area contributed by atoms with E-state index in [0.717, 1.165) is 19.3 Å². The molecule has 1 saturated carbocycles. The maximum absolute atomic E-state index is 9.01. The molecule has 3 N–H and O–H groups in total. The van der Waals surface area contributed by atoms with Crippen LogP contribution in [0.4, 0.5) is 0 Å². The van der Waals surface area contributed by atoms with E-state index in [0.29, 0.717) is 6.61 Å². The molecule has 0 aromatic rings. The Morgan fingerprint density at radius 3 is 2.23 bits per heavy atom. The van der Waals surface area contributed by atoms with Gasteiger partial charge in [-0.3, -0.25) is 0 Å². The van der Waals surface area contributed by atoms with E-state index in [9.17, 15) is 0 Å². The fourth-order valence-electron chi connectivity index (χ4n) is 2.36. The minimum absolute atomic E-state index is 0.167. The highest BCUT2D eigenvalue weighted by atomic mass is 16.6. The predicted octanol–water partition coefficient (Wildman–Crippen LogP) is 1.60. The highest BCUT2D eigenvalue weighted by Gasteiger charge is 2.30. The Hall–Kier alpha value is -0.120. The molecule has 1 rings (SSSR count). The molecule has 1 aliphatic rings. The van der Waals surface area contributed by atoms with Gasteiger partial charge in [-0.15, -0.1) is 0 Å². The van der Waals surface area contributed by atoms with E-state index in [2.05, 4.69) is 0 Å². The number of hydrogen-bond donors (Lipinski definition) is 2. The normalized spacial score (nSPS) is 22.6. The summed E-state index contributed by atoms with van der Waals surface area (Å²) in [4.78, 5) is 4.78. The van der Waals surface area contributed by atoms with Crippen molar-refractivity contribution in [1.29, 1.82) is 0 Å². The van der Waals surface area contributed by atoms with E-state index >= 15 is 0 Å². The Morgan fingerprint density at radius 1 is 1.15 bits per heavy atom. The van der Waals surface area contributed by atoms with Crippen LogP contribution in [0, 0.1) is 5.41 Å². The van der Waals surface area contributed by atoms with Gasteiger partial charge in [0.15, 0.2) is 0 Å². The average molecular weight is 187 g/mol. The van der Waals surface area contributed by atoms with Crippen LogP contribution < -0.4 is 5.90 Å². The number of nitrogens with two attached hydrogens (primary N) is 1. The number of aliphatic hydroxyl groups is 1. The van der Waals surface area contributed by atoms with Crippen molar-refractivity contribution < 1.29 is 9.94 Å². The summed E-state index contributed by atoms with van der Waals surface area (Å²) in [5.41, 5.74) is 0.167. The van der Waals surface area contributed by atoms with Crippen LogP contribution >= 0.6 is 0 Å². The number of hydrogen-bond acceptors (Lipinski definition) is 3. The van der Waals surface area contributed by atoms with Crippen molar-refractivity contribution in [3.05, 3.63) is 0 Å².